The van der Waals surface area contributed by atoms with Gasteiger partial charge < -0.3 is 5.11 Å². The van der Waals surface area contributed by atoms with E-state index in [1.807, 2.05) is 6.07 Å². The average Bonchev–Trinajstić information content (AvgIpc) is 2.68. The molecule has 0 bridgehead atoms. The smallest absolute Gasteiger partial charge is 0.358 e. The van der Waals surface area contributed by atoms with E-state index in [4.69, 9.17) is 5.11 Å². The normalized spacial score (nSPS) is 10.1. The second-order valence-corrected chi connectivity index (χ2v) is 2.93. The van der Waals surface area contributed by atoms with E-state index in [9.17, 15) is 4.79 Å². The number of carboxylic acids is 1. The van der Waals surface area contributed by atoms with Crippen LogP contribution in [0.15, 0.2) is 30.7 Å². The van der Waals surface area contributed by atoms with Crippen LogP contribution in [-0.4, -0.2) is 31.1 Å². The van der Waals surface area contributed by atoms with Gasteiger partial charge in [-0.1, -0.05) is 6.07 Å². The van der Waals surface area contributed by atoms with Crippen molar-refractivity contribution in [2.75, 3.05) is 0 Å². The summed E-state index contributed by atoms with van der Waals surface area (Å²) in [6, 6.07) is 3.67. The summed E-state index contributed by atoms with van der Waals surface area (Å²) in [7, 11) is 0. The van der Waals surface area contributed by atoms with Gasteiger partial charge in [-0.05, 0) is 11.6 Å². The molecule has 2 heterocycles. The largest absolute Gasteiger partial charge is 0.476 e. The van der Waals surface area contributed by atoms with Crippen molar-refractivity contribution >= 4 is 5.97 Å². The Hall–Kier alpha value is -2.24. The van der Waals surface area contributed by atoms with Crippen molar-refractivity contribution in [1.82, 2.24) is 20.0 Å². The Kier molecular flexibility index (Phi) is 2.40. The van der Waals surface area contributed by atoms with Gasteiger partial charge in [0.05, 0.1) is 12.7 Å². The fraction of sp³-hybridized carbons (Fsp3) is 0.111. The molecule has 0 atom stereocenters. The molecule has 0 saturated heterocycles. The standard InChI is InChI=1S/C9H8N4O2/c14-9(15)8-5-11-13(12-8)6-7-2-1-3-10-4-7/h1-5H,6H2,(H,14,15). The van der Waals surface area contributed by atoms with E-state index in [1.165, 1.54) is 11.0 Å². The molecule has 0 radical (unpaired) electrons. The van der Waals surface area contributed by atoms with Gasteiger partial charge in [0, 0.05) is 12.4 Å². The molecular formula is C9H8N4O2. The molecule has 2 aromatic heterocycles. The molecule has 15 heavy (non-hydrogen) atoms. The minimum absolute atomic E-state index is 0.0566. The SMILES string of the molecule is O=C(O)c1cnn(Cc2cccnc2)n1. The molecule has 6 heteroatoms. The molecular weight excluding hydrogens is 196 g/mol. The fourth-order valence-corrected chi connectivity index (χ4v) is 1.13. The van der Waals surface area contributed by atoms with Gasteiger partial charge in [0.25, 0.3) is 0 Å². The summed E-state index contributed by atoms with van der Waals surface area (Å²) in [6.07, 6.45) is 4.57. The number of hydrogen-bond acceptors (Lipinski definition) is 4. The zero-order valence-electron chi connectivity index (χ0n) is 7.74. The molecule has 0 aliphatic carbocycles. The first-order valence-corrected chi connectivity index (χ1v) is 4.28. The topological polar surface area (TPSA) is 80.9 Å². The number of carbonyl (C=O) groups is 1. The molecule has 0 amide bonds. The lowest BCUT2D eigenvalue weighted by Gasteiger charge is -1.97. The monoisotopic (exact) mass is 204 g/mol. The Morgan fingerprint density at radius 2 is 2.33 bits per heavy atom. The number of nitrogens with zero attached hydrogens (tertiary/aromatic N) is 4. The van der Waals surface area contributed by atoms with Crippen LogP contribution < -0.4 is 0 Å². The summed E-state index contributed by atoms with van der Waals surface area (Å²) in [5, 5.41) is 16.2. The number of aromatic carboxylic acids is 1. The number of aromatic nitrogens is 4. The van der Waals surface area contributed by atoms with Crippen molar-refractivity contribution in [1.29, 1.82) is 0 Å². The summed E-state index contributed by atoms with van der Waals surface area (Å²) >= 11 is 0. The van der Waals surface area contributed by atoms with E-state index in [2.05, 4.69) is 15.2 Å². The maximum absolute atomic E-state index is 10.5. The third kappa shape index (κ3) is 2.16. The second-order valence-electron chi connectivity index (χ2n) is 2.93. The van der Waals surface area contributed by atoms with E-state index in [0.29, 0.717) is 6.54 Å². The van der Waals surface area contributed by atoms with Crippen LogP contribution in [-0.2, 0) is 6.54 Å². The van der Waals surface area contributed by atoms with Gasteiger partial charge >= 0.3 is 5.97 Å². The van der Waals surface area contributed by atoms with E-state index in [1.54, 1.807) is 18.5 Å². The van der Waals surface area contributed by atoms with Crippen LogP contribution in [0.5, 0.6) is 0 Å². The van der Waals surface area contributed by atoms with Gasteiger partial charge in [-0.2, -0.15) is 9.90 Å². The predicted molar refractivity (Wildman–Crippen MR) is 50.3 cm³/mol. The first-order chi connectivity index (χ1) is 7.25. The third-order valence-corrected chi connectivity index (χ3v) is 1.80. The second kappa shape index (κ2) is 3.87. The quantitative estimate of drug-likeness (QED) is 0.783. The summed E-state index contributed by atoms with van der Waals surface area (Å²) < 4.78 is 0. The lowest BCUT2D eigenvalue weighted by atomic mass is 10.3. The zero-order valence-corrected chi connectivity index (χ0v) is 7.74. The lowest BCUT2D eigenvalue weighted by Crippen LogP contribution is -2.05. The average molecular weight is 204 g/mol. The molecule has 0 unspecified atom stereocenters. The molecule has 2 rings (SSSR count). The van der Waals surface area contributed by atoms with E-state index < -0.39 is 5.97 Å². The van der Waals surface area contributed by atoms with Gasteiger partial charge in [0.15, 0.2) is 5.69 Å². The molecule has 76 valence electrons. The highest BCUT2D eigenvalue weighted by Crippen LogP contribution is 1.99. The van der Waals surface area contributed by atoms with E-state index in [0.717, 1.165) is 5.56 Å². The minimum atomic E-state index is -1.08. The molecule has 0 saturated carbocycles. The van der Waals surface area contributed by atoms with Crippen LogP contribution in [0.25, 0.3) is 0 Å². The Bertz CT molecular complexity index is 466. The van der Waals surface area contributed by atoms with E-state index in [-0.39, 0.29) is 5.69 Å². The van der Waals surface area contributed by atoms with Crippen molar-refractivity contribution in [3.05, 3.63) is 42.0 Å². The molecule has 0 spiro atoms. The summed E-state index contributed by atoms with van der Waals surface area (Å²) in [5.74, 6) is -1.08. The highest BCUT2D eigenvalue weighted by molar-refractivity contribution is 5.84. The van der Waals surface area contributed by atoms with Gasteiger partial charge in [-0.15, -0.1) is 5.10 Å². The number of hydrogen-bond donors (Lipinski definition) is 1. The Labute approximate surface area is 85.2 Å². The van der Waals surface area contributed by atoms with Crippen LogP contribution in [0.1, 0.15) is 16.1 Å². The number of carboxylic acid groups (broad SMARTS) is 1. The summed E-state index contributed by atoms with van der Waals surface area (Å²) in [6.45, 7) is 0.418. The van der Waals surface area contributed by atoms with Crippen molar-refractivity contribution < 1.29 is 9.90 Å². The van der Waals surface area contributed by atoms with Gasteiger partial charge in [0.1, 0.15) is 0 Å². The molecule has 6 nitrogen and oxygen atoms in total. The predicted octanol–water partition coefficient (Wildman–Crippen LogP) is 0.420. The first kappa shape index (κ1) is 9.32. The van der Waals surface area contributed by atoms with Crippen LogP contribution in [0.4, 0.5) is 0 Å². The molecule has 0 aliphatic heterocycles. The highest BCUT2D eigenvalue weighted by atomic mass is 16.4. The van der Waals surface area contributed by atoms with Crippen molar-refractivity contribution in [3.63, 3.8) is 0 Å². The minimum Gasteiger partial charge on any atom is -0.476 e. The summed E-state index contributed by atoms with van der Waals surface area (Å²) in [5.41, 5.74) is 0.865. The van der Waals surface area contributed by atoms with Crippen LogP contribution in [0.3, 0.4) is 0 Å². The number of pyridine rings is 1. The summed E-state index contributed by atoms with van der Waals surface area (Å²) in [4.78, 5) is 15.8. The first-order valence-electron chi connectivity index (χ1n) is 4.28. The maximum atomic E-state index is 10.5. The third-order valence-electron chi connectivity index (χ3n) is 1.80. The lowest BCUT2D eigenvalue weighted by molar-refractivity contribution is 0.0689. The van der Waals surface area contributed by atoms with Gasteiger partial charge in [-0.3, -0.25) is 4.98 Å². The Morgan fingerprint density at radius 3 is 2.93 bits per heavy atom. The fourth-order valence-electron chi connectivity index (χ4n) is 1.13. The molecule has 0 fully saturated rings. The maximum Gasteiger partial charge on any atom is 0.358 e. The van der Waals surface area contributed by atoms with Gasteiger partial charge in [0.2, 0.25) is 0 Å². The molecule has 0 aromatic carbocycles. The van der Waals surface area contributed by atoms with Crippen LogP contribution in [0.2, 0.25) is 0 Å². The van der Waals surface area contributed by atoms with Crippen molar-refractivity contribution in [2.24, 2.45) is 0 Å². The van der Waals surface area contributed by atoms with Crippen LogP contribution in [0, 0.1) is 0 Å². The van der Waals surface area contributed by atoms with Gasteiger partial charge in [-0.25, -0.2) is 4.79 Å². The molecule has 0 aliphatic rings. The Balaban J connectivity index is 2.15. The van der Waals surface area contributed by atoms with E-state index >= 15 is 0 Å². The van der Waals surface area contributed by atoms with Crippen molar-refractivity contribution in [3.8, 4) is 0 Å². The number of rotatable bonds is 3. The Morgan fingerprint density at radius 1 is 1.47 bits per heavy atom. The van der Waals surface area contributed by atoms with Crippen molar-refractivity contribution in [2.45, 2.75) is 6.54 Å². The zero-order chi connectivity index (χ0) is 10.7. The highest BCUT2D eigenvalue weighted by Gasteiger charge is 2.07. The van der Waals surface area contributed by atoms with Crippen LogP contribution >= 0.6 is 0 Å². The molecule has 2 aromatic rings. The molecule has 1 N–H and O–H groups in total.